The molecular formula is C26H34N2O4. The number of rotatable bonds is 3. The van der Waals surface area contributed by atoms with Crippen LogP contribution in [0.4, 0.5) is 0 Å². The van der Waals surface area contributed by atoms with Crippen molar-refractivity contribution in [2.24, 2.45) is 16.7 Å². The van der Waals surface area contributed by atoms with Gasteiger partial charge >= 0.3 is 0 Å². The number of hydrogen-bond donors (Lipinski definition) is 1. The van der Waals surface area contributed by atoms with Crippen LogP contribution in [0.2, 0.25) is 0 Å². The Morgan fingerprint density at radius 3 is 2.62 bits per heavy atom. The van der Waals surface area contributed by atoms with Crippen molar-refractivity contribution in [3.05, 3.63) is 23.3 Å². The summed E-state index contributed by atoms with van der Waals surface area (Å²) in [5.74, 6) is 1.54. The summed E-state index contributed by atoms with van der Waals surface area (Å²) < 4.78 is 19.1. The van der Waals surface area contributed by atoms with Gasteiger partial charge in [-0.25, -0.2) is 0 Å². The molecule has 2 aliphatic heterocycles. The Morgan fingerprint density at radius 2 is 2.00 bits per heavy atom. The van der Waals surface area contributed by atoms with E-state index in [1.807, 2.05) is 17.9 Å². The zero-order valence-corrected chi connectivity index (χ0v) is 20.0. The molecule has 0 amide bonds. The van der Waals surface area contributed by atoms with Crippen LogP contribution in [-0.2, 0) is 16.6 Å². The third-order valence-electron chi connectivity index (χ3n) is 10.5. The standard InChI is InChI=1S/C26H34N2O4/c1-22(2,3)23(4,29)17-12-24-13-26(17,31-6)21-25(24)9-10-28(14-27)18(24)11-15-7-8-16(30-5)20(32-21)19(15)25/h7-8,17-18,21,29H,9-13H2,1-6H3. The van der Waals surface area contributed by atoms with Gasteiger partial charge in [-0.2, -0.15) is 5.26 Å². The first-order valence-corrected chi connectivity index (χ1v) is 11.8. The maximum absolute atomic E-state index is 12.0. The summed E-state index contributed by atoms with van der Waals surface area (Å²) in [6.07, 6.45) is 5.66. The third kappa shape index (κ3) is 1.86. The topological polar surface area (TPSA) is 75.0 Å². The molecule has 3 fully saturated rings. The minimum atomic E-state index is -0.956. The summed E-state index contributed by atoms with van der Waals surface area (Å²) in [7, 11) is 3.48. The first-order valence-electron chi connectivity index (χ1n) is 11.8. The van der Waals surface area contributed by atoms with Gasteiger partial charge in [-0.3, -0.25) is 0 Å². The maximum atomic E-state index is 12.0. The molecule has 6 nitrogen and oxygen atoms in total. The highest BCUT2D eigenvalue weighted by Crippen LogP contribution is 2.81. The zero-order chi connectivity index (χ0) is 22.9. The number of nitriles is 1. The quantitative estimate of drug-likeness (QED) is 0.729. The Hall–Kier alpha value is -1.97. The predicted molar refractivity (Wildman–Crippen MR) is 118 cm³/mol. The smallest absolute Gasteiger partial charge is 0.179 e. The molecule has 2 saturated carbocycles. The molecule has 0 radical (unpaired) electrons. The highest BCUT2D eigenvalue weighted by Gasteiger charge is 2.86. The Morgan fingerprint density at radius 1 is 1.25 bits per heavy atom. The van der Waals surface area contributed by atoms with Gasteiger partial charge < -0.3 is 24.2 Å². The Bertz CT molecular complexity index is 1060. The highest BCUT2D eigenvalue weighted by molar-refractivity contribution is 5.65. The lowest BCUT2D eigenvalue weighted by Gasteiger charge is -2.62. The van der Waals surface area contributed by atoms with Crippen molar-refractivity contribution >= 4 is 0 Å². The average molecular weight is 439 g/mol. The Labute approximate surface area is 190 Å². The van der Waals surface area contributed by atoms with E-state index in [0.29, 0.717) is 0 Å². The van der Waals surface area contributed by atoms with Gasteiger partial charge in [-0.05, 0) is 49.7 Å². The van der Waals surface area contributed by atoms with Crippen molar-refractivity contribution in [1.82, 2.24) is 4.90 Å². The predicted octanol–water partition coefficient (Wildman–Crippen LogP) is 3.40. The fourth-order valence-electron chi connectivity index (χ4n) is 8.72. The number of fused-ring (bicyclic) bond motifs is 2. The van der Waals surface area contributed by atoms with Gasteiger partial charge in [0, 0.05) is 42.0 Å². The second-order valence-corrected chi connectivity index (χ2v) is 12.0. The zero-order valence-electron chi connectivity index (χ0n) is 20.0. The number of aliphatic hydroxyl groups is 1. The molecule has 32 heavy (non-hydrogen) atoms. The number of piperidine rings is 1. The van der Waals surface area contributed by atoms with E-state index in [0.717, 1.165) is 43.7 Å². The van der Waals surface area contributed by atoms with Gasteiger partial charge in [0.1, 0.15) is 11.7 Å². The van der Waals surface area contributed by atoms with E-state index in [1.165, 1.54) is 11.1 Å². The second-order valence-electron chi connectivity index (χ2n) is 12.0. The minimum Gasteiger partial charge on any atom is -0.493 e. The number of benzene rings is 1. The Kier molecular flexibility index (Phi) is 3.70. The largest absolute Gasteiger partial charge is 0.493 e. The van der Waals surface area contributed by atoms with Crippen LogP contribution in [-0.4, -0.2) is 54.1 Å². The van der Waals surface area contributed by atoms with Crippen LogP contribution in [0.5, 0.6) is 11.5 Å². The molecule has 7 unspecified atom stereocenters. The lowest BCUT2D eigenvalue weighted by molar-refractivity contribution is -0.210. The van der Waals surface area contributed by atoms with Crippen molar-refractivity contribution in [3.63, 3.8) is 0 Å². The maximum Gasteiger partial charge on any atom is 0.179 e. The van der Waals surface area contributed by atoms with Gasteiger partial charge in [0.2, 0.25) is 0 Å². The molecule has 1 aromatic rings. The molecule has 5 aliphatic rings. The van der Waals surface area contributed by atoms with E-state index >= 15 is 0 Å². The Balaban J connectivity index is 1.64. The van der Waals surface area contributed by atoms with Crippen molar-refractivity contribution in [1.29, 1.82) is 5.26 Å². The number of nitrogens with zero attached hydrogens (tertiary/aromatic N) is 2. The normalized spacial score (nSPS) is 42.2. The number of methoxy groups -OCH3 is 2. The van der Waals surface area contributed by atoms with Crippen molar-refractivity contribution in [2.75, 3.05) is 20.8 Å². The van der Waals surface area contributed by atoms with Crippen molar-refractivity contribution in [2.45, 2.75) is 82.1 Å². The molecule has 1 aromatic carbocycles. The summed E-state index contributed by atoms with van der Waals surface area (Å²) in [6.45, 7) is 9.01. The van der Waals surface area contributed by atoms with Crippen LogP contribution < -0.4 is 9.47 Å². The van der Waals surface area contributed by atoms with Crippen LogP contribution >= 0.6 is 0 Å². The molecule has 2 heterocycles. The number of likely N-dealkylation sites (tertiary alicyclic amines) is 1. The molecule has 7 atom stereocenters. The van der Waals surface area contributed by atoms with Crippen LogP contribution in [0.1, 0.15) is 58.1 Å². The molecule has 6 rings (SSSR count). The summed E-state index contributed by atoms with van der Waals surface area (Å²) in [6, 6.07) is 4.26. The number of hydrogen-bond acceptors (Lipinski definition) is 6. The molecule has 4 bridgehead atoms. The summed E-state index contributed by atoms with van der Waals surface area (Å²) in [4.78, 5) is 2.01. The van der Waals surface area contributed by atoms with E-state index in [4.69, 9.17) is 14.2 Å². The van der Waals surface area contributed by atoms with Crippen molar-refractivity contribution < 1.29 is 19.3 Å². The first kappa shape index (κ1) is 20.6. The van der Waals surface area contributed by atoms with E-state index in [2.05, 4.69) is 33.0 Å². The molecule has 2 spiro atoms. The molecule has 0 aromatic heterocycles. The van der Waals surface area contributed by atoms with Crippen molar-refractivity contribution in [3.8, 4) is 17.7 Å². The molecule has 1 saturated heterocycles. The van der Waals surface area contributed by atoms with E-state index in [9.17, 15) is 10.4 Å². The van der Waals surface area contributed by atoms with Gasteiger partial charge in [-0.1, -0.05) is 26.8 Å². The average Bonchev–Trinajstić information content (AvgIpc) is 3.35. The minimum absolute atomic E-state index is 0.0944. The molecule has 1 N–H and O–H groups in total. The van der Waals surface area contributed by atoms with E-state index in [-0.39, 0.29) is 34.3 Å². The van der Waals surface area contributed by atoms with Crippen LogP contribution in [0.25, 0.3) is 0 Å². The first-order chi connectivity index (χ1) is 15.0. The van der Waals surface area contributed by atoms with E-state index < -0.39 is 11.2 Å². The highest BCUT2D eigenvalue weighted by atomic mass is 16.6. The summed E-state index contributed by atoms with van der Waals surface area (Å²) in [5, 5.41) is 22.1. The van der Waals surface area contributed by atoms with Crippen LogP contribution in [0.3, 0.4) is 0 Å². The van der Waals surface area contributed by atoms with Crippen LogP contribution in [0, 0.1) is 28.2 Å². The fourth-order valence-corrected chi connectivity index (χ4v) is 8.72. The van der Waals surface area contributed by atoms with Gasteiger partial charge in [0.05, 0.1) is 12.7 Å². The second kappa shape index (κ2) is 5.74. The summed E-state index contributed by atoms with van der Waals surface area (Å²) >= 11 is 0. The molecule has 172 valence electrons. The molecule has 3 aliphatic carbocycles. The monoisotopic (exact) mass is 438 g/mol. The van der Waals surface area contributed by atoms with Crippen LogP contribution in [0.15, 0.2) is 12.1 Å². The third-order valence-corrected chi connectivity index (χ3v) is 10.5. The van der Waals surface area contributed by atoms with Gasteiger partial charge in [0.25, 0.3) is 0 Å². The molecular weight excluding hydrogens is 404 g/mol. The SMILES string of the molecule is COc1ccc2c3c1OC1C4(OC)CC5(CC4C(C)(O)C(C)(C)C)C(C2)N(C#N)CCC315. The fraction of sp³-hybridized carbons (Fsp3) is 0.731. The summed E-state index contributed by atoms with van der Waals surface area (Å²) in [5.41, 5.74) is 0.286. The lowest BCUT2D eigenvalue weighted by atomic mass is 9.46. The van der Waals surface area contributed by atoms with E-state index in [1.54, 1.807) is 14.2 Å². The van der Waals surface area contributed by atoms with Gasteiger partial charge in [0.15, 0.2) is 17.7 Å². The molecule has 6 heteroatoms. The van der Waals surface area contributed by atoms with Gasteiger partial charge in [-0.15, -0.1) is 0 Å². The number of ether oxygens (including phenoxy) is 3. The lowest BCUT2D eigenvalue weighted by Crippen LogP contribution is -2.71.